The average molecular weight is 294 g/mol. The molecule has 2 aromatic rings. The van der Waals surface area contributed by atoms with Gasteiger partial charge in [-0.3, -0.25) is 4.98 Å². The van der Waals surface area contributed by atoms with E-state index in [4.69, 9.17) is 4.74 Å². The van der Waals surface area contributed by atoms with Crippen molar-refractivity contribution < 1.29 is 4.74 Å². The number of rotatable bonds is 4. The average Bonchev–Trinajstić information content (AvgIpc) is 2.33. The molecule has 1 N–H and O–H groups in total. The normalized spacial score (nSPS) is 10.0. The van der Waals surface area contributed by atoms with Crippen LogP contribution in [0.15, 0.2) is 41.1 Å². The molecule has 0 saturated carbocycles. The van der Waals surface area contributed by atoms with Crippen molar-refractivity contribution in [3.8, 4) is 11.6 Å². The van der Waals surface area contributed by atoms with Gasteiger partial charge in [0, 0.05) is 11.0 Å². The standard InChI is InChI=1S/C12H12BrN3O/c1-2-15-11-7-14-8-12(16-11)17-10-5-3-9(13)4-6-10/h3-8H,2H2,1H3,(H,15,16). The summed E-state index contributed by atoms with van der Waals surface area (Å²) in [6.45, 7) is 2.81. The fourth-order valence-electron chi connectivity index (χ4n) is 1.29. The maximum absolute atomic E-state index is 5.59. The van der Waals surface area contributed by atoms with E-state index in [1.807, 2.05) is 31.2 Å². The molecule has 5 heteroatoms. The van der Waals surface area contributed by atoms with Crippen LogP contribution in [0.4, 0.5) is 5.82 Å². The Morgan fingerprint density at radius 1 is 1.24 bits per heavy atom. The first-order valence-corrected chi connectivity index (χ1v) is 6.06. The lowest BCUT2D eigenvalue weighted by Gasteiger charge is -2.06. The van der Waals surface area contributed by atoms with Crippen LogP contribution in [0.25, 0.3) is 0 Å². The monoisotopic (exact) mass is 293 g/mol. The van der Waals surface area contributed by atoms with Crippen LogP contribution in [0.2, 0.25) is 0 Å². The van der Waals surface area contributed by atoms with Gasteiger partial charge in [0.25, 0.3) is 0 Å². The minimum Gasteiger partial charge on any atom is -0.437 e. The van der Waals surface area contributed by atoms with Crippen molar-refractivity contribution >= 4 is 21.7 Å². The summed E-state index contributed by atoms with van der Waals surface area (Å²) >= 11 is 3.37. The van der Waals surface area contributed by atoms with Crippen LogP contribution in [0.5, 0.6) is 11.6 Å². The first-order valence-electron chi connectivity index (χ1n) is 5.27. The molecule has 17 heavy (non-hydrogen) atoms. The van der Waals surface area contributed by atoms with E-state index in [1.165, 1.54) is 0 Å². The highest BCUT2D eigenvalue weighted by Crippen LogP contribution is 2.21. The Labute approximate surface area is 108 Å². The quantitative estimate of drug-likeness (QED) is 0.938. The second kappa shape index (κ2) is 5.63. The highest BCUT2D eigenvalue weighted by Gasteiger charge is 2.00. The van der Waals surface area contributed by atoms with E-state index >= 15 is 0 Å². The number of halogens is 1. The summed E-state index contributed by atoms with van der Waals surface area (Å²) in [6.07, 6.45) is 3.25. The zero-order valence-corrected chi connectivity index (χ0v) is 10.9. The number of ether oxygens (including phenoxy) is 1. The first-order chi connectivity index (χ1) is 8.28. The Morgan fingerprint density at radius 2 is 2.00 bits per heavy atom. The second-order valence-corrected chi connectivity index (χ2v) is 4.24. The highest BCUT2D eigenvalue weighted by molar-refractivity contribution is 9.10. The van der Waals surface area contributed by atoms with Crippen LogP contribution in [0.1, 0.15) is 6.92 Å². The number of nitrogens with one attached hydrogen (secondary N) is 1. The van der Waals surface area contributed by atoms with Gasteiger partial charge in [0.1, 0.15) is 11.6 Å². The number of hydrogen-bond acceptors (Lipinski definition) is 4. The van der Waals surface area contributed by atoms with Gasteiger partial charge in [-0.1, -0.05) is 15.9 Å². The van der Waals surface area contributed by atoms with Gasteiger partial charge in [-0.05, 0) is 31.2 Å². The van der Waals surface area contributed by atoms with Gasteiger partial charge in [0.15, 0.2) is 0 Å². The minimum absolute atomic E-state index is 0.478. The maximum atomic E-state index is 5.59. The molecule has 0 aliphatic rings. The van der Waals surface area contributed by atoms with Gasteiger partial charge in [-0.15, -0.1) is 0 Å². The predicted octanol–water partition coefficient (Wildman–Crippen LogP) is 3.46. The summed E-state index contributed by atoms with van der Waals surface area (Å²) < 4.78 is 6.60. The van der Waals surface area contributed by atoms with Crippen molar-refractivity contribution in [3.05, 3.63) is 41.1 Å². The molecule has 0 fully saturated rings. The molecule has 88 valence electrons. The second-order valence-electron chi connectivity index (χ2n) is 3.33. The third-order valence-electron chi connectivity index (χ3n) is 2.01. The van der Waals surface area contributed by atoms with Crippen molar-refractivity contribution in [2.45, 2.75) is 6.92 Å². The van der Waals surface area contributed by atoms with Gasteiger partial charge >= 0.3 is 0 Å². The third kappa shape index (κ3) is 3.42. The molecule has 0 bridgehead atoms. The number of nitrogens with zero attached hydrogens (tertiary/aromatic N) is 2. The molecule has 0 saturated heterocycles. The lowest BCUT2D eigenvalue weighted by atomic mass is 10.3. The van der Waals surface area contributed by atoms with Crippen LogP contribution in [0.3, 0.4) is 0 Å². The largest absolute Gasteiger partial charge is 0.437 e. The van der Waals surface area contributed by atoms with Crippen LogP contribution < -0.4 is 10.1 Å². The SMILES string of the molecule is CCNc1cncc(Oc2ccc(Br)cc2)n1. The molecule has 0 aliphatic carbocycles. The summed E-state index contributed by atoms with van der Waals surface area (Å²) in [5.41, 5.74) is 0. The number of hydrogen-bond donors (Lipinski definition) is 1. The summed E-state index contributed by atoms with van der Waals surface area (Å²) in [7, 11) is 0. The Kier molecular flexibility index (Phi) is 3.93. The first kappa shape index (κ1) is 11.9. The van der Waals surface area contributed by atoms with E-state index in [9.17, 15) is 0 Å². The van der Waals surface area contributed by atoms with Gasteiger partial charge in [-0.25, -0.2) is 0 Å². The Bertz CT molecular complexity index is 487. The lowest BCUT2D eigenvalue weighted by Crippen LogP contribution is -2.00. The van der Waals surface area contributed by atoms with Crippen molar-refractivity contribution in [1.82, 2.24) is 9.97 Å². The van der Waals surface area contributed by atoms with Crippen LogP contribution in [0, 0.1) is 0 Å². The summed E-state index contributed by atoms with van der Waals surface area (Å²) in [6, 6.07) is 7.56. The zero-order chi connectivity index (χ0) is 12.1. The van der Waals surface area contributed by atoms with E-state index in [0.717, 1.165) is 16.8 Å². The fourth-order valence-corrected chi connectivity index (χ4v) is 1.55. The molecule has 1 aromatic carbocycles. The molecule has 0 unspecified atom stereocenters. The van der Waals surface area contributed by atoms with Crippen molar-refractivity contribution in [2.24, 2.45) is 0 Å². The molecule has 0 aliphatic heterocycles. The zero-order valence-electron chi connectivity index (χ0n) is 9.35. The minimum atomic E-state index is 0.478. The van der Waals surface area contributed by atoms with Crippen molar-refractivity contribution in [2.75, 3.05) is 11.9 Å². The molecule has 1 heterocycles. The van der Waals surface area contributed by atoms with Gasteiger partial charge in [-0.2, -0.15) is 4.98 Å². The van der Waals surface area contributed by atoms with Crippen molar-refractivity contribution in [3.63, 3.8) is 0 Å². The molecule has 1 aromatic heterocycles. The van der Waals surface area contributed by atoms with Crippen LogP contribution in [-0.2, 0) is 0 Å². The van der Waals surface area contributed by atoms with E-state index in [0.29, 0.717) is 11.7 Å². The van der Waals surface area contributed by atoms with E-state index in [1.54, 1.807) is 12.4 Å². The number of aromatic nitrogens is 2. The van der Waals surface area contributed by atoms with Gasteiger partial charge in [0.2, 0.25) is 5.88 Å². The summed E-state index contributed by atoms with van der Waals surface area (Å²) in [5.74, 6) is 1.92. The van der Waals surface area contributed by atoms with E-state index in [-0.39, 0.29) is 0 Å². The van der Waals surface area contributed by atoms with Gasteiger partial charge < -0.3 is 10.1 Å². The van der Waals surface area contributed by atoms with Crippen molar-refractivity contribution in [1.29, 1.82) is 0 Å². The summed E-state index contributed by atoms with van der Waals surface area (Å²) in [5, 5.41) is 3.08. The predicted molar refractivity (Wildman–Crippen MR) is 70.4 cm³/mol. The van der Waals surface area contributed by atoms with Gasteiger partial charge in [0.05, 0.1) is 12.4 Å². The summed E-state index contributed by atoms with van der Waals surface area (Å²) in [4.78, 5) is 8.33. The molecule has 0 radical (unpaired) electrons. The molecule has 0 spiro atoms. The third-order valence-corrected chi connectivity index (χ3v) is 2.54. The fraction of sp³-hybridized carbons (Fsp3) is 0.167. The van der Waals surface area contributed by atoms with Crippen LogP contribution in [-0.4, -0.2) is 16.5 Å². The topological polar surface area (TPSA) is 47.0 Å². The maximum Gasteiger partial charge on any atom is 0.239 e. The highest BCUT2D eigenvalue weighted by atomic mass is 79.9. The lowest BCUT2D eigenvalue weighted by molar-refractivity contribution is 0.461. The van der Waals surface area contributed by atoms with E-state index < -0.39 is 0 Å². The molecular weight excluding hydrogens is 282 g/mol. The number of anilines is 1. The smallest absolute Gasteiger partial charge is 0.239 e. The molecule has 0 amide bonds. The Balaban J connectivity index is 2.12. The molecule has 0 atom stereocenters. The molecule has 4 nitrogen and oxygen atoms in total. The van der Waals surface area contributed by atoms with Crippen LogP contribution >= 0.6 is 15.9 Å². The molecular formula is C12H12BrN3O. The van der Waals surface area contributed by atoms with E-state index in [2.05, 4.69) is 31.2 Å². The number of benzene rings is 1. The Morgan fingerprint density at radius 3 is 2.71 bits per heavy atom. The Hall–Kier alpha value is -1.62. The molecule has 2 rings (SSSR count).